The van der Waals surface area contributed by atoms with Crippen molar-refractivity contribution >= 4 is 16.5 Å². The zero-order chi connectivity index (χ0) is 14.5. The lowest BCUT2D eigenvalue weighted by Gasteiger charge is -2.27. The van der Waals surface area contributed by atoms with Crippen molar-refractivity contribution in [2.24, 2.45) is 0 Å². The van der Waals surface area contributed by atoms with E-state index in [0.717, 1.165) is 37.3 Å². The molecule has 1 saturated carbocycles. The first-order valence-electron chi connectivity index (χ1n) is 7.61. The van der Waals surface area contributed by atoms with Gasteiger partial charge in [-0.2, -0.15) is 0 Å². The Morgan fingerprint density at radius 2 is 2.25 bits per heavy atom. The average Bonchev–Trinajstić information content (AvgIpc) is 3.20. The number of thiazole rings is 1. The number of aryl methyl sites for hydroxylation is 1. The third kappa shape index (κ3) is 4.17. The minimum atomic E-state index is 0.500. The number of rotatable bonds is 9. The van der Waals surface area contributed by atoms with Crippen molar-refractivity contribution in [2.45, 2.75) is 58.7 Å². The third-order valence-electron chi connectivity index (χ3n) is 3.91. The minimum Gasteiger partial charge on any atom is -0.383 e. The summed E-state index contributed by atoms with van der Waals surface area (Å²) in [6, 6.07) is 1.25. The molecule has 1 heterocycles. The van der Waals surface area contributed by atoms with Crippen molar-refractivity contribution in [1.29, 1.82) is 0 Å². The van der Waals surface area contributed by atoms with Gasteiger partial charge in [-0.25, -0.2) is 4.98 Å². The van der Waals surface area contributed by atoms with Crippen LogP contribution in [0.15, 0.2) is 0 Å². The number of methoxy groups -OCH3 is 1. The third-order valence-corrected chi connectivity index (χ3v) is 5.11. The van der Waals surface area contributed by atoms with E-state index in [4.69, 9.17) is 9.72 Å². The monoisotopic (exact) mass is 297 g/mol. The first-order valence-corrected chi connectivity index (χ1v) is 8.42. The van der Waals surface area contributed by atoms with Crippen LogP contribution in [0.4, 0.5) is 5.13 Å². The van der Waals surface area contributed by atoms with Crippen molar-refractivity contribution < 1.29 is 4.74 Å². The van der Waals surface area contributed by atoms with Crippen LogP contribution in [-0.4, -0.2) is 37.3 Å². The van der Waals surface area contributed by atoms with Crippen LogP contribution in [0.2, 0.25) is 0 Å². The highest BCUT2D eigenvalue weighted by molar-refractivity contribution is 7.15. The van der Waals surface area contributed by atoms with Crippen LogP contribution in [0.25, 0.3) is 0 Å². The lowest BCUT2D eigenvalue weighted by molar-refractivity contribution is 0.203. The number of hydrogen-bond donors (Lipinski definition) is 1. The molecule has 1 fully saturated rings. The first kappa shape index (κ1) is 15.7. The van der Waals surface area contributed by atoms with Crippen molar-refractivity contribution in [3.05, 3.63) is 10.6 Å². The second-order valence-corrected chi connectivity index (χ2v) is 6.67. The van der Waals surface area contributed by atoms with Gasteiger partial charge in [-0.1, -0.05) is 6.92 Å². The van der Waals surface area contributed by atoms with Crippen molar-refractivity contribution in [2.75, 3.05) is 25.2 Å². The number of anilines is 1. The molecule has 0 amide bonds. The van der Waals surface area contributed by atoms with Gasteiger partial charge in [-0.15, -0.1) is 11.3 Å². The summed E-state index contributed by atoms with van der Waals surface area (Å²) < 4.78 is 5.24. The van der Waals surface area contributed by atoms with Crippen LogP contribution in [0.3, 0.4) is 0 Å². The van der Waals surface area contributed by atoms with Crippen molar-refractivity contribution in [3.8, 4) is 0 Å². The lowest BCUT2D eigenvalue weighted by atomic mass is 10.2. The molecule has 1 aliphatic carbocycles. The molecule has 0 saturated heterocycles. The van der Waals surface area contributed by atoms with E-state index < -0.39 is 0 Å². The Kier molecular flexibility index (Phi) is 5.81. The molecule has 1 aromatic heterocycles. The predicted molar refractivity (Wildman–Crippen MR) is 85.7 cm³/mol. The van der Waals surface area contributed by atoms with Gasteiger partial charge in [0.2, 0.25) is 0 Å². The maximum absolute atomic E-state index is 5.24. The molecule has 1 atom stereocenters. The van der Waals surface area contributed by atoms with Gasteiger partial charge >= 0.3 is 0 Å². The van der Waals surface area contributed by atoms with Crippen LogP contribution in [-0.2, 0) is 11.3 Å². The van der Waals surface area contributed by atoms with Gasteiger partial charge in [0.15, 0.2) is 5.13 Å². The second kappa shape index (κ2) is 7.38. The first-order chi connectivity index (χ1) is 9.65. The molecule has 1 N–H and O–H groups in total. The van der Waals surface area contributed by atoms with Gasteiger partial charge in [0.1, 0.15) is 0 Å². The predicted octanol–water partition coefficient (Wildman–Crippen LogP) is 2.95. The van der Waals surface area contributed by atoms with E-state index in [1.54, 1.807) is 7.11 Å². The zero-order valence-corrected chi connectivity index (χ0v) is 13.9. The van der Waals surface area contributed by atoms with Gasteiger partial charge in [0.05, 0.1) is 12.3 Å². The molecule has 4 nitrogen and oxygen atoms in total. The maximum Gasteiger partial charge on any atom is 0.186 e. The number of nitrogens with one attached hydrogen (secondary N) is 1. The maximum atomic E-state index is 5.24. The fourth-order valence-electron chi connectivity index (χ4n) is 2.14. The summed E-state index contributed by atoms with van der Waals surface area (Å²) in [5, 5.41) is 4.72. The number of nitrogens with zero attached hydrogens (tertiary/aromatic N) is 2. The Labute approximate surface area is 126 Å². The lowest BCUT2D eigenvalue weighted by Crippen LogP contribution is -2.35. The standard InChI is InChI=1S/C15H27N3OS/c1-5-11(2)18(8-9-19-4)15-17-12(3)14(20-15)10-16-13-6-7-13/h11,13,16H,5-10H2,1-4H3. The van der Waals surface area contributed by atoms with E-state index in [1.165, 1.54) is 23.4 Å². The molecule has 0 radical (unpaired) electrons. The molecule has 0 bridgehead atoms. The van der Waals surface area contributed by atoms with E-state index >= 15 is 0 Å². The van der Waals surface area contributed by atoms with Gasteiger partial charge < -0.3 is 15.0 Å². The van der Waals surface area contributed by atoms with E-state index in [2.05, 4.69) is 31.0 Å². The van der Waals surface area contributed by atoms with Gasteiger partial charge in [0, 0.05) is 37.2 Å². The summed E-state index contributed by atoms with van der Waals surface area (Å²) in [5.74, 6) is 0. The fourth-order valence-corrected chi connectivity index (χ4v) is 3.28. The van der Waals surface area contributed by atoms with Crippen LogP contribution in [0.1, 0.15) is 43.7 Å². The molecule has 1 unspecified atom stereocenters. The average molecular weight is 297 g/mol. The highest BCUT2D eigenvalue weighted by Crippen LogP contribution is 2.29. The SMILES string of the molecule is CCC(C)N(CCOC)c1nc(C)c(CNC2CC2)s1. The molecule has 1 aliphatic rings. The highest BCUT2D eigenvalue weighted by Gasteiger charge is 2.22. The van der Waals surface area contributed by atoms with E-state index in [9.17, 15) is 0 Å². The van der Waals surface area contributed by atoms with Gasteiger partial charge in [-0.05, 0) is 33.1 Å². The van der Waals surface area contributed by atoms with E-state index in [0.29, 0.717) is 6.04 Å². The van der Waals surface area contributed by atoms with Gasteiger partial charge in [-0.3, -0.25) is 0 Å². The molecule has 5 heteroatoms. The smallest absolute Gasteiger partial charge is 0.186 e. The van der Waals surface area contributed by atoms with Crippen LogP contribution in [0.5, 0.6) is 0 Å². The zero-order valence-electron chi connectivity index (χ0n) is 13.1. The molecule has 0 spiro atoms. The molecule has 20 heavy (non-hydrogen) atoms. The fraction of sp³-hybridized carbons (Fsp3) is 0.800. The van der Waals surface area contributed by atoms with Crippen molar-refractivity contribution in [3.63, 3.8) is 0 Å². The highest BCUT2D eigenvalue weighted by atomic mass is 32.1. The number of hydrogen-bond acceptors (Lipinski definition) is 5. The molecular formula is C15H27N3OS. The Morgan fingerprint density at radius 1 is 1.50 bits per heavy atom. The summed E-state index contributed by atoms with van der Waals surface area (Å²) in [7, 11) is 1.76. The van der Waals surface area contributed by atoms with Crippen LogP contribution >= 0.6 is 11.3 Å². The molecule has 2 rings (SSSR count). The minimum absolute atomic E-state index is 0.500. The summed E-state index contributed by atoms with van der Waals surface area (Å²) in [5.41, 5.74) is 1.17. The summed E-state index contributed by atoms with van der Waals surface area (Å²) in [4.78, 5) is 8.53. The normalized spacial score (nSPS) is 16.4. The topological polar surface area (TPSA) is 37.4 Å². The Balaban J connectivity index is 2.04. The largest absolute Gasteiger partial charge is 0.383 e. The number of aromatic nitrogens is 1. The Morgan fingerprint density at radius 3 is 2.85 bits per heavy atom. The molecule has 1 aromatic rings. The molecular weight excluding hydrogens is 270 g/mol. The summed E-state index contributed by atoms with van der Waals surface area (Å²) in [6.45, 7) is 9.23. The summed E-state index contributed by atoms with van der Waals surface area (Å²) in [6.07, 6.45) is 3.78. The molecule has 114 valence electrons. The van der Waals surface area contributed by atoms with E-state index in [1.807, 2.05) is 11.3 Å². The molecule has 0 aliphatic heterocycles. The number of ether oxygens (including phenoxy) is 1. The molecule has 0 aromatic carbocycles. The Bertz CT molecular complexity index is 417. The van der Waals surface area contributed by atoms with Crippen molar-refractivity contribution in [1.82, 2.24) is 10.3 Å². The van der Waals surface area contributed by atoms with E-state index in [-0.39, 0.29) is 0 Å². The van der Waals surface area contributed by atoms with Crippen LogP contribution < -0.4 is 10.2 Å². The summed E-state index contributed by atoms with van der Waals surface area (Å²) >= 11 is 1.83. The van der Waals surface area contributed by atoms with Gasteiger partial charge in [0.25, 0.3) is 0 Å². The second-order valence-electron chi connectivity index (χ2n) is 5.60. The Hall–Kier alpha value is -0.650. The van der Waals surface area contributed by atoms with Crippen LogP contribution in [0, 0.1) is 6.92 Å². The quantitative estimate of drug-likeness (QED) is 0.760.